The van der Waals surface area contributed by atoms with Crippen LogP contribution in [0.4, 0.5) is 0 Å². The summed E-state index contributed by atoms with van der Waals surface area (Å²) in [5, 5.41) is 9.14. The molecule has 1 atom stereocenters. The number of rotatable bonds is 10. The number of ether oxygens (including phenoxy) is 2. The quantitative estimate of drug-likeness (QED) is 0.569. The SMILES string of the molecule is N#CC1(CCCCCCCCOC2CCCCO2)CS(=O)(=O)C1. The second-order valence-corrected chi connectivity index (χ2v) is 9.03. The molecule has 2 rings (SSSR count). The van der Waals surface area contributed by atoms with Gasteiger partial charge in [0.05, 0.1) is 23.0 Å². The van der Waals surface area contributed by atoms with E-state index in [0.29, 0.717) is 0 Å². The van der Waals surface area contributed by atoms with E-state index in [1.54, 1.807) is 0 Å². The van der Waals surface area contributed by atoms with Gasteiger partial charge in [0.15, 0.2) is 16.1 Å². The summed E-state index contributed by atoms with van der Waals surface area (Å²) in [6, 6.07) is 2.21. The van der Waals surface area contributed by atoms with Crippen molar-refractivity contribution in [3.63, 3.8) is 0 Å². The Morgan fingerprint density at radius 3 is 2.39 bits per heavy atom. The monoisotopic (exact) mass is 343 g/mol. The molecule has 6 heteroatoms. The Kier molecular flexibility index (Phi) is 7.32. The molecule has 23 heavy (non-hydrogen) atoms. The maximum Gasteiger partial charge on any atom is 0.157 e. The van der Waals surface area contributed by atoms with Gasteiger partial charge in [0.2, 0.25) is 0 Å². The molecular formula is C17H29NO4S. The predicted octanol–water partition coefficient (Wildman–Crippen LogP) is 3.20. The Bertz CT molecular complexity index is 479. The number of nitriles is 1. The molecule has 5 nitrogen and oxygen atoms in total. The Labute approximate surface area is 140 Å². The molecule has 0 bridgehead atoms. The molecule has 0 aromatic carbocycles. The molecule has 2 saturated heterocycles. The van der Waals surface area contributed by atoms with Gasteiger partial charge in [0.1, 0.15) is 0 Å². The van der Waals surface area contributed by atoms with Crippen LogP contribution in [0.2, 0.25) is 0 Å². The minimum Gasteiger partial charge on any atom is -0.353 e. The highest BCUT2D eigenvalue weighted by Crippen LogP contribution is 2.37. The van der Waals surface area contributed by atoms with E-state index in [2.05, 4.69) is 6.07 Å². The molecule has 0 aromatic heterocycles. The van der Waals surface area contributed by atoms with Gasteiger partial charge in [0.25, 0.3) is 0 Å². The smallest absolute Gasteiger partial charge is 0.157 e. The molecule has 0 N–H and O–H groups in total. The molecule has 2 fully saturated rings. The zero-order chi connectivity index (χ0) is 16.6. The minimum atomic E-state index is -2.91. The van der Waals surface area contributed by atoms with Crippen molar-refractivity contribution in [2.24, 2.45) is 5.41 Å². The summed E-state index contributed by atoms with van der Waals surface area (Å²) in [5.74, 6) is 0.133. The summed E-state index contributed by atoms with van der Waals surface area (Å²) in [5.41, 5.74) is -0.577. The second-order valence-electron chi connectivity index (χ2n) is 6.96. The summed E-state index contributed by atoms with van der Waals surface area (Å²) in [6.07, 6.45) is 10.7. The van der Waals surface area contributed by atoms with Crippen LogP contribution in [-0.2, 0) is 19.3 Å². The molecule has 0 aliphatic carbocycles. The van der Waals surface area contributed by atoms with Gasteiger partial charge < -0.3 is 9.47 Å². The summed E-state index contributed by atoms with van der Waals surface area (Å²) < 4.78 is 33.7. The van der Waals surface area contributed by atoms with Crippen molar-refractivity contribution in [1.82, 2.24) is 0 Å². The fraction of sp³-hybridized carbons (Fsp3) is 0.941. The highest BCUT2D eigenvalue weighted by Gasteiger charge is 2.48. The van der Waals surface area contributed by atoms with Crippen LogP contribution in [0.3, 0.4) is 0 Å². The van der Waals surface area contributed by atoms with E-state index in [-0.39, 0.29) is 17.8 Å². The normalized spacial score (nSPS) is 25.4. The van der Waals surface area contributed by atoms with Crippen molar-refractivity contribution in [2.45, 2.75) is 70.5 Å². The zero-order valence-electron chi connectivity index (χ0n) is 14.0. The first-order valence-corrected chi connectivity index (χ1v) is 10.7. The summed E-state index contributed by atoms with van der Waals surface area (Å²) in [7, 11) is -2.91. The third-order valence-corrected chi connectivity index (χ3v) is 6.71. The van der Waals surface area contributed by atoms with Gasteiger partial charge in [-0.1, -0.05) is 32.1 Å². The van der Waals surface area contributed by atoms with E-state index in [1.807, 2.05) is 0 Å². The zero-order valence-corrected chi connectivity index (χ0v) is 14.8. The molecule has 1 unspecified atom stereocenters. The van der Waals surface area contributed by atoms with Crippen LogP contribution in [0.15, 0.2) is 0 Å². The molecule has 0 spiro atoms. The van der Waals surface area contributed by atoms with E-state index in [4.69, 9.17) is 14.7 Å². The van der Waals surface area contributed by atoms with Crippen molar-refractivity contribution in [3.8, 4) is 6.07 Å². The van der Waals surface area contributed by atoms with Gasteiger partial charge in [-0.2, -0.15) is 5.26 Å². The topological polar surface area (TPSA) is 76.4 Å². The van der Waals surface area contributed by atoms with Gasteiger partial charge in [-0.15, -0.1) is 0 Å². The largest absolute Gasteiger partial charge is 0.353 e. The summed E-state index contributed by atoms with van der Waals surface area (Å²) >= 11 is 0. The molecule has 0 aromatic rings. The van der Waals surface area contributed by atoms with Crippen LogP contribution in [-0.4, -0.2) is 39.4 Å². The van der Waals surface area contributed by atoms with Crippen molar-refractivity contribution in [3.05, 3.63) is 0 Å². The fourth-order valence-electron chi connectivity index (χ4n) is 3.39. The van der Waals surface area contributed by atoms with Gasteiger partial charge >= 0.3 is 0 Å². The average molecular weight is 343 g/mol. The number of hydrogen-bond acceptors (Lipinski definition) is 5. The first kappa shape index (κ1) is 18.7. The lowest BCUT2D eigenvalue weighted by atomic mass is 9.87. The number of sulfone groups is 1. The Hall–Kier alpha value is -0.640. The highest BCUT2D eigenvalue weighted by molar-refractivity contribution is 7.92. The molecule has 0 amide bonds. The van der Waals surface area contributed by atoms with Crippen molar-refractivity contribution < 1.29 is 17.9 Å². The molecule has 132 valence electrons. The molecule has 2 heterocycles. The molecular weight excluding hydrogens is 314 g/mol. The summed E-state index contributed by atoms with van der Waals surface area (Å²) in [6.45, 7) is 1.61. The van der Waals surface area contributed by atoms with E-state index in [0.717, 1.165) is 64.6 Å². The lowest BCUT2D eigenvalue weighted by Crippen LogP contribution is -2.47. The van der Waals surface area contributed by atoms with Gasteiger partial charge in [-0.3, -0.25) is 0 Å². The molecule has 0 radical (unpaired) electrons. The predicted molar refractivity (Wildman–Crippen MR) is 88.6 cm³/mol. The average Bonchev–Trinajstić information content (AvgIpc) is 2.52. The lowest BCUT2D eigenvalue weighted by Gasteiger charge is -2.34. The maximum atomic E-state index is 11.2. The first-order valence-electron chi connectivity index (χ1n) is 8.90. The van der Waals surface area contributed by atoms with Gasteiger partial charge in [-0.05, 0) is 32.1 Å². The molecule has 2 aliphatic heterocycles. The maximum absolute atomic E-state index is 11.2. The first-order chi connectivity index (χ1) is 11.1. The Balaban J connectivity index is 1.40. The van der Waals surface area contributed by atoms with E-state index in [1.165, 1.54) is 12.8 Å². The van der Waals surface area contributed by atoms with Crippen LogP contribution in [0.1, 0.15) is 64.2 Å². The number of hydrogen-bond donors (Lipinski definition) is 0. The van der Waals surface area contributed by atoms with Crippen LogP contribution < -0.4 is 0 Å². The van der Waals surface area contributed by atoms with Gasteiger partial charge in [-0.25, -0.2) is 8.42 Å². The Morgan fingerprint density at radius 2 is 1.78 bits per heavy atom. The third-order valence-electron chi connectivity index (χ3n) is 4.72. The number of nitrogens with zero attached hydrogens (tertiary/aromatic N) is 1. The standard InChI is InChI=1S/C17H29NO4S/c18-13-17(14-23(19,20)15-17)10-6-3-1-2-4-7-11-21-16-9-5-8-12-22-16/h16H,1-12,14-15H2. The lowest BCUT2D eigenvalue weighted by molar-refractivity contribution is -0.162. The van der Waals surface area contributed by atoms with Crippen LogP contribution >= 0.6 is 0 Å². The summed E-state index contributed by atoms with van der Waals surface area (Å²) in [4.78, 5) is 0. The van der Waals surface area contributed by atoms with Gasteiger partial charge in [0, 0.05) is 13.2 Å². The van der Waals surface area contributed by atoms with E-state index < -0.39 is 15.3 Å². The fourth-order valence-corrected chi connectivity index (χ4v) is 5.41. The highest BCUT2D eigenvalue weighted by atomic mass is 32.2. The number of unbranched alkanes of at least 4 members (excludes halogenated alkanes) is 5. The Morgan fingerprint density at radius 1 is 1.09 bits per heavy atom. The van der Waals surface area contributed by atoms with E-state index >= 15 is 0 Å². The van der Waals surface area contributed by atoms with Crippen LogP contribution in [0, 0.1) is 16.7 Å². The van der Waals surface area contributed by atoms with Crippen molar-refractivity contribution in [2.75, 3.05) is 24.7 Å². The van der Waals surface area contributed by atoms with Crippen LogP contribution in [0.5, 0.6) is 0 Å². The second kappa shape index (κ2) is 9.00. The molecule has 2 aliphatic rings. The third kappa shape index (κ3) is 6.40. The van der Waals surface area contributed by atoms with E-state index in [9.17, 15) is 8.42 Å². The molecule has 0 saturated carbocycles. The van der Waals surface area contributed by atoms with Crippen molar-refractivity contribution >= 4 is 9.84 Å². The van der Waals surface area contributed by atoms with Crippen LogP contribution in [0.25, 0.3) is 0 Å². The van der Waals surface area contributed by atoms with Crippen molar-refractivity contribution in [1.29, 1.82) is 5.26 Å². The minimum absolute atomic E-state index is 0.0182.